The molecule has 0 unspecified atom stereocenters. The van der Waals surface area contributed by atoms with Gasteiger partial charge in [0.05, 0.1) is 6.33 Å². The molecular weight excluding hydrogens is 349 g/mol. The number of anilines is 1. The Kier molecular flexibility index (Phi) is 5.21. The van der Waals surface area contributed by atoms with Crippen LogP contribution in [0, 0.1) is 0 Å². The van der Waals surface area contributed by atoms with Crippen LogP contribution in [0.25, 0.3) is 0 Å². The normalized spacial score (nSPS) is 16.6. The van der Waals surface area contributed by atoms with Crippen LogP contribution >= 0.6 is 0 Å². The minimum atomic E-state index is -4.49. The first-order valence-electron chi connectivity index (χ1n) is 8.20. The number of hydrogen-bond donors (Lipinski definition) is 1. The van der Waals surface area contributed by atoms with Gasteiger partial charge in [-0.05, 0) is 12.8 Å². The second-order valence-corrected chi connectivity index (χ2v) is 6.32. The van der Waals surface area contributed by atoms with E-state index in [2.05, 4.69) is 25.2 Å². The number of alkyl halides is 3. The Morgan fingerprint density at radius 2 is 2.00 bits per heavy atom. The summed E-state index contributed by atoms with van der Waals surface area (Å²) in [5, 5.41) is 3.04. The molecule has 1 aliphatic heterocycles. The highest BCUT2D eigenvalue weighted by Gasteiger charge is 2.33. The molecule has 0 aromatic carbocycles. The van der Waals surface area contributed by atoms with Gasteiger partial charge in [-0.25, -0.2) is 15.0 Å². The van der Waals surface area contributed by atoms with Crippen LogP contribution in [0.5, 0.6) is 0 Å². The van der Waals surface area contributed by atoms with Gasteiger partial charge in [0.2, 0.25) is 0 Å². The summed E-state index contributed by atoms with van der Waals surface area (Å²) in [5.41, 5.74) is -0.396. The molecule has 3 rings (SSSR count). The van der Waals surface area contributed by atoms with Crippen LogP contribution in [-0.2, 0) is 19.8 Å². The molecule has 1 aliphatic rings. The quantitative estimate of drug-likeness (QED) is 0.885. The van der Waals surface area contributed by atoms with Gasteiger partial charge >= 0.3 is 6.18 Å². The number of hydrogen-bond acceptors (Lipinski definition) is 6. The SMILES string of the molecule is Cn1cncc(CN2CCC(Nc3cc(C(F)(F)F)ncn3)CC2)c1=O. The lowest BCUT2D eigenvalue weighted by molar-refractivity contribution is -0.141. The molecular formula is C16H19F3N6O. The smallest absolute Gasteiger partial charge is 0.367 e. The molecule has 1 fully saturated rings. The lowest BCUT2D eigenvalue weighted by atomic mass is 10.0. The lowest BCUT2D eigenvalue weighted by Gasteiger charge is -2.32. The Hall–Kier alpha value is -2.49. The number of likely N-dealkylation sites (tertiary alicyclic amines) is 1. The second-order valence-electron chi connectivity index (χ2n) is 6.32. The van der Waals surface area contributed by atoms with Crippen molar-refractivity contribution in [2.75, 3.05) is 18.4 Å². The van der Waals surface area contributed by atoms with Crippen molar-refractivity contribution in [2.24, 2.45) is 7.05 Å². The van der Waals surface area contributed by atoms with Crippen LogP contribution in [-0.4, -0.2) is 43.6 Å². The molecule has 0 bridgehead atoms. The van der Waals surface area contributed by atoms with E-state index in [1.807, 2.05) is 0 Å². The van der Waals surface area contributed by atoms with Crippen molar-refractivity contribution in [3.63, 3.8) is 0 Å². The van der Waals surface area contributed by atoms with Gasteiger partial charge in [-0.2, -0.15) is 13.2 Å². The molecule has 0 radical (unpaired) electrons. The molecule has 1 saturated heterocycles. The molecule has 140 valence electrons. The summed E-state index contributed by atoms with van der Waals surface area (Å²) in [6.45, 7) is 1.97. The molecule has 0 amide bonds. The second kappa shape index (κ2) is 7.40. The van der Waals surface area contributed by atoms with Gasteiger partial charge < -0.3 is 9.88 Å². The van der Waals surface area contributed by atoms with Crippen molar-refractivity contribution in [1.82, 2.24) is 24.4 Å². The van der Waals surface area contributed by atoms with Gasteiger partial charge in [-0.15, -0.1) is 0 Å². The van der Waals surface area contributed by atoms with E-state index in [9.17, 15) is 18.0 Å². The zero-order chi connectivity index (χ0) is 18.7. The van der Waals surface area contributed by atoms with Crippen molar-refractivity contribution >= 4 is 5.82 Å². The molecule has 7 nitrogen and oxygen atoms in total. The topological polar surface area (TPSA) is 75.9 Å². The Bertz CT molecular complexity index is 814. The molecule has 2 aromatic heterocycles. The minimum absolute atomic E-state index is 0.0268. The zero-order valence-corrected chi connectivity index (χ0v) is 14.2. The summed E-state index contributed by atoms with van der Waals surface area (Å²) in [5.74, 6) is 0.173. The van der Waals surface area contributed by atoms with Crippen molar-refractivity contribution in [3.05, 3.63) is 46.5 Å². The Morgan fingerprint density at radius 3 is 2.69 bits per heavy atom. The Balaban J connectivity index is 1.56. The fourth-order valence-electron chi connectivity index (χ4n) is 2.94. The summed E-state index contributed by atoms with van der Waals surface area (Å²) in [7, 11) is 1.66. The number of nitrogens with one attached hydrogen (secondary N) is 1. The van der Waals surface area contributed by atoms with E-state index in [-0.39, 0.29) is 17.4 Å². The van der Waals surface area contributed by atoms with Gasteiger partial charge in [0.15, 0.2) is 0 Å². The third-order valence-corrected chi connectivity index (χ3v) is 4.36. The van der Waals surface area contributed by atoms with Gasteiger partial charge in [-0.1, -0.05) is 0 Å². The first-order chi connectivity index (χ1) is 12.3. The van der Waals surface area contributed by atoms with E-state index in [1.165, 1.54) is 10.9 Å². The number of rotatable bonds is 4. The van der Waals surface area contributed by atoms with Crippen LogP contribution in [0.1, 0.15) is 24.1 Å². The van der Waals surface area contributed by atoms with Crippen LogP contribution in [0.2, 0.25) is 0 Å². The fraction of sp³-hybridized carbons (Fsp3) is 0.500. The molecule has 0 saturated carbocycles. The number of nitrogens with zero attached hydrogens (tertiary/aromatic N) is 5. The third-order valence-electron chi connectivity index (χ3n) is 4.36. The predicted molar refractivity (Wildman–Crippen MR) is 88.4 cm³/mol. The van der Waals surface area contributed by atoms with Crippen molar-refractivity contribution in [1.29, 1.82) is 0 Å². The predicted octanol–water partition coefficient (Wildman–Crippen LogP) is 1.67. The molecule has 1 N–H and O–H groups in total. The number of aryl methyl sites for hydroxylation is 1. The Morgan fingerprint density at radius 1 is 1.27 bits per heavy atom. The average Bonchev–Trinajstić information content (AvgIpc) is 2.60. The maximum atomic E-state index is 12.7. The fourth-order valence-corrected chi connectivity index (χ4v) is 2.94. The van der Waals surface area contributed by atoms with E-state index in [1.54, 1.807) is 13.2 Å². The molecule has 3 heterocycles. The molecule has 2 aromatic rings. The molecule has 10 heteroatoms. The standard InChI is InChI=1S/C16H19F3N6O/c1-24-10-20-7-11(15(24)26)8-25-4-2-12(3-5-25)23-14-6-13(16(17,18)19)21-9-22-14/h6-7,9-10,12H,2-5,8H2,1H3,(H,21,22,23). The minimum Gasteiger partial charge on any atom is -0.367 e. The van der Waals surface area contributed by atoms with Gasteiger partial charge in [0, 0.05) is 50.6 Å². The van der Waals surface area contributed by atoms with Crippen LogP contribution in [0.3, 0.4) is 0 Å². The highest BCUT2D eigenvalue weighted by molar-refractivity contribution is 5.36. The van der Waals surface area contributed by atoms with Crippen LogP contribution < -0.4 is 10.9 Å². The number of halogens is 3. The van der Waals surface area contributed by atoms with E-state index in [4.69, 9.17) is 0 Å². The number of aromatic nitrogens is 4. The summed E-state index contributed by atoms with van der Waals surface area (Å²) < 4.78 is 39.6. The van der Waals surface area contributed by atoms with Crippen molar-refractivity contribution in [2.45, 2.75) is 31.6 Å². The molecule has 0 aliphatic carbocycles. The largest absolute Gasteiger partial charge is 0.433 e. The van der Waals surface area contributed by atoms with E-state index >= 15 is 0 Å². The van der Waals surface area contributed by atoms with Crippen molar-refractivity contribution in [3.8, 4) is 0 Å². The molecule has 26 heavy (non-hydrogen) atoms. The van der Waals surface area contributed by atoms with Gasteiger partial charge in [-0.3, -0.25) is 9.69 Å². The highest BCUT2D eigenvalue weighted by Crippen LogP contribution is 2.28. The van der Waals surface area contributed by atoms with Crippen molar-refractivity contribution < 1.29 is 13.2 Å². The highest BCUT2D eigenvalue weighted by atomic mass is 19.4. The summed E-state index contributed by atoms with van der Waals surface area (Å²) in [6.07, 6.45) is 0.958. The first kappa shape index (κ1) is 18.3. The van der Waals surface area contributed by atoms with Gasteiger partial charge in [0.1, 0.15) is 17.8 Å². The molecule has 0 spiro atoms. The zero-order valence-electron chi connectivity index (χ0n) is 14.2. The van der Waals surface area contributed by atoms with E-state index in [0.717, 1.165) is 38.3 Å². The monoisotopic (exact) mass is 368 g/mol. The number of piperidine rings is 1. The first-order valence-corrected chi connectivity index (χ1v) is 8.20. The van der Waals surface area contributed by atoms with E-state index < -0.39 is 11.9 Å². The van der Waals surface area contributed by atoms with Gasteiger partial charge in [0.25, 0.3) is 5.56 Å². The summed E-state index contributed by atoms with van der Waals surface area (Å²) in [6, 6.07) is 0.949. The summed E-state index contributed by atoms with van der Waals surface area (Å²) in [4.78, 5) is 25.3. The molecule has 0 atom stereocenters. The Labute approximate surface area is 147 Å². The summed E-state index contributed by atoms with van der Waals surface area (Å²) >= 11 is 0. The lowest BCUT2D eigenvalue weighted by Crippen LogP contribution is -2.40. The van der Waals surface area contributed by atoms with Crippen LogP contribution in [0.4, 0.5) is 19.0 Å². The van der Waals surface area contributed by atoms with E-state index in [0.29, 0.717) is 12.1 Å². The average molecular weight is 368 g/mol. The van der Waals surface area contributed by atoms with Crippen LogP contribution in [0.15, 0.2) is 29.7 Å². The maximum absolute atomic E-state index is 12.7. The maximum Gasteiger partial charge on any atom is 0.433 e. The third kappa shape index (κ3) is 4.37.